The number of nitrogens with zero attached hydrogens (tertiary/aromatic N) is 2. The van der Waals surface area contributed by atoms with E-state index in [1.165, 1.54) is 0 Å². The second-order valence-corrected chi connectivity index (χ2v) is 5.18. The van der Waals surface area contributed by atoms with E-state index in [4.69, 9.17) is 11.6 Å². The van der Waals surface area contributed by atoms with Gasteiger partial charge >= 0.3 is 0 Å². The molecule has 108 valence electrons. The van der Waals surface area contributed by atoms with Crippen molar-refractivity contribution in [1.29, 1.82) is 0 Å². The van der Waals surface area contributed by atoms with Gasteiger partial charge in [0, 0.05) is 17.8 Å². The minimum absolute atomic E-state index is 0.0109. The summed E-state index contributed by atoms with van der Waals surface area (Å²) in [6, 6.07) is 4.05. The van der Waals surface area contributed by atoms with E-state index < -0.39 is 0 Å². The smallest absolute Gasteiger partial charge is 0.126 e. The number of hydrogen-bond donors (Lipinski definition) is 3. The first-order valence-electron chi connectivity index (χ1n) is 6.84. The van der Waals surface area contributed by atoms with Gasteiger partial charge in [0.05, 0.1) is 0 Å². The van der Waals surface area contributed by atoms with Crippen molar-refractivity contribution in [2.45, 2.75) is 44.7 Å². The Kier molecular flexibility index (Phi) is 5.72. The van der Waals surface area contributed by atoms with Crippen LogP contribution in [0.3, 0.4) is 0 Å². The van der Waals surface area contributed by atoms with Gasteiger partial charge in [-0.05, 0) is 45.0 Å². The van der Waals surface area contributed by atoms with E-state index in [2.05, 4.69) is 43.3 Å². The van der Waals surface area contributed by atoms with Gasteiger partial charge in [-0.2, -0.15) is 0 Å². The van der Waals surface area contributed by atoms with Gasteiger partial charge in [0.15, 0.2) is 0 Å². The Morgan fingerprint density at radius 1 is 1.37 bits per heavy atom. The molecule has 5 nitrogen and oxygen atoms in total. The van der Waals surface area contributed by atoms with Gasteiger partial charge in [-0.25, -0.2) is 4.98 Å². The van der Waals surface area contributed by atoms with Crippen molar-refractivity contribution in [3.8, 4) is 0 Å². The van der Waals surface area contributed by atoms with Gasteiger partial charge in [0.1, 0.15) is 5.82 Å². The first kappa shape index (κ1) is 15.9. The van der Waals surface area contributed by atoms with Crippen LogP contribution in [0.15, 0.2) is 18.3 Å². The summed E-state index contributed by atoms with van der Waals surface area (Å²) in [6.45, 7) is 4.39. The maximum Gasteiger partial charge on any atom is 0.126 e. The Balaban J connectivity index is 3.02. The Labute approximate surface area is 116 Å². The van der Waals surface area contributed by atoms with Gasteiger partial charge in [0.25, 0.3) is 0 Å². The van der Waals surface area contributed by atoms with E-state index in [0.717, 1.165) is 24.8 Å². The van der Waals surface area contributed by atoms with Crippen molar-refractivity contribution in [2.24, 2.45) is 5.84 Å². The number of hydrazine groups is 1. The number of aromatic nitrogens is 1. The maximum absolute atomic E-state index is 5.93. The summed E-state index contributed by atoms with van der Waals surface area (Å²) >= 11 is 0. The normalized spacial score (nSPS) is 13.8. The highest BCUT2D eigenvalue weighted by molar-refractivity contribution is 5.39. The fraction of sp³-hybridized carbons (Fsp3) is 0.643. The number of pyridine rings is 1. The lowest BCUT2D eigenvalue weighted by Crippen LogP contribution is -2.61. The third-order valence-corrected chi connectivity index (χ3v) is 4.32. The molecule has 1 atom stereocenters. The zero-order valence-electron chi connectivity index (χ0n) is 12.5. The molecular formula is C14H27N5. The van der Waals surface area contributed by atoms with Crippen LogP contribution >= 0.6 is 0 Å². The zero-order chi connectivity index (χ0) is 14.5. The summed E-state index contributed by atoms with van der Waals surface area (Å²) in [5, 5.41) is 0. The fourth-order valence-corrected chi connectivity index (χ4v) is 2.93. The quantitative estimate of drug-likeness (QED) is 0.509. The molecule has 0 saturated carbocycles. The van der Waals surface area contributed by atoms with Crippen LogP contribution in [0.25, 0.3) is 0 Å². The molecule has 0 radical (unpaired) electrons. The lowest BCUT2D eigenvalue weighted by molar-refractivity contribution is 0.0883. The highest BCUT2D eigenvalue weighted by atomic mass is 15.3. The van der Waals surface area contributed by atoms with Crippen LogP contribution in [0, 0.1) is 0 Å². The van der Waals surface area contributed by atoms with Crippen molar-refractivity contribution in [3.05, 3.63) is 23.9 Å². The fourth-order valence-electron chi connectivity index (χ4n) is 2.93. The molecule has 0 fully saturated rings. The first-order valence-corrected chi connectivity index (χ1v) is 6.84. The number of nitrogens with one attached hydrogen (secondary N) is 1. The van der Waals surface area contributed by atoms with Crippen LogP contribution in [-0.2, 0) is 6.42 Å². The number of rotatable bonds is 7. The predicted molar refractivity (Wildman–Crippen MR) is 80.5 cm³/mol. The Hall–Kier alpha value is -1.17. The van der Waals surface area contributed by atoms with Crippen molar-refractivity contribution < 1.29 is 0 Å². The third-order valence-electron chi connectivity index (χ3n) is 4.32. The second kappa shape index (κ2) is 6.84. The van der Waals surface area contributed by atoms with Crippen LogP contribution < -0.4 is 17.0 Å². The minimum Gasteiger partial charge on any atom is -0.383 e. The second-order valence-electron chi connectivity index (χ2n) is 5.18. The minimum atomic E-state index is 0.0109. The summed E-state index contributed by atoms with van der Waals surface area (Å²) in [4.78, 5) is 6.39. The molecular weight excluding hydrogens is 238 g/mol. The number of nitrogen functional groups attached to an aromatic ring is 1. The average Bonchev–Trinajstić information content (AvgIpc) is 2.41. The molecule has 5 N–H and O–H groups in total. The largest absolute Gasteiger partial charge is 0.383 e. The molecule has 0 bridgehead atoms. The van der Waals surface area contributed by atoms with Gasteiger partial charge in [-0.1, -0.05) is 19.9 Å². The molecule has 1 unspecified atom stereocenters. The van der Waals surface area contributed by atoms with E-state index >= 15 is 0 Å². The Morgan fingerprint density at radius 2 is 2.00 bits per heavy atom. The lowest BCUT2D eigenvalue weighted by atomic mass is 9.80. The molecule has 1 aromatic heterocycles. The molecule has 1 rings (SSSR count). The number of hydrogen-bond acceptors (Lipinski definition) is 5. The van der Waals surface area contributed by atoms with Crippen LogP contribution in [0.4, 0.5) is 5.82 Å². The first-order chi connectivity index (χ1) is 9.01. The van der Waals surface area contributed by atoms with Crippen LogP contribution in [-0.4, -0.2) is 35.6 Å². The third kappa shape index (κ3) is 3.23. The lowest BCUT2D eigenvalue weighted by Gasteiger charge is -2.45. The zero-order valence-corrected chi connectivity index (χ0v) is 12.5. The molecule has 5 heteroatoms. The number of likely N-dealkylation sites (N-methyl/N-ethyl adjacent to an activating group) is 1. The molecule has 1 heterocycles. The molecule has 0 saturated heterocycles. The highest BCUT2D eigenvalue weighted by Gasteiger charge is 2.37. The van der Waals surface area contributed by atoms with Crippen molar-refractivity contribution >= 4 is 5.82 Å². The predicted octanol–water partition coefficient (Wildman–Crippen LogP) is 1.16. The molecule has 19 heavy (non-hydrogen) atoms. The van der Waals surface area contributed by atoms with E-state index in [1.54, 1.807) is 6.20 Å². The number of anilines is 1. The Bertz CT molecular complexity index is 387. The Morgan fingerprint density at radius 3 is 2.42 bits per heavy atom. The molecule has 0 spiro atoms. The summed E-state index contributed by atoms with van der Waals surface area (Å²) in [5.74, 6) is 6.39. The van der Waals surface area contributed by atoms with Crippen molar-refractivity contribution in [3.63, 3.8) is 0 Å². The maximum atomic E-state index is 5.93. The molecule has 0 amide bonds. The van der Waals surface area contributed by atoms with Gasteiger partial charge < -0.3 is 10.6 Å². The standard InChI is InChI=1S/C14H27N5/c1-5-14(6-2,19(3)4)12(18-16)10-11-8-7-9-17-13(11)15/h7-9,12,18H,5-6,10,16H2,1-4H3,(H2,15,17). The molecule has 0 aromatic carbocycles. The summed E-state index contributed by atoms with van der Waals surface area (Å²) in [6.07, 6.45) is 4.52. The molecule has 0 aliphatic rings. The van der Waals surface area contributed by atoms with Crippen molar-refractivity contribution in [2.75, 3.05) is 19.8 Å². The van der Waals surface area contributed by atoms with E-state index in [1.807, 2.05) is 12.1 Å². The van der Waals surface area contributed by atoms with Crippen molar-refractivity contribution in [1.82, 2.24) is 15.3 Å². The van der Waals surface area contributed by atoms with Gasteiger partial charge in [-0.3, -0.25) is 11.3 Å². The van der Waals surface area contributed by atoms with Crippen LogP contribution in [0.1, 0.15) is 32.3 Å². The van der Waals surface area contributed by atoms with Crippen LogP contribution in [0.2, 0.25) is 0 Å². The van der Waals surface area contributed by atoms with Crippen LogP contribution in [0.5, 0.6) is 0 Å². The molecule has 0 aliphatic heterocycles. The topological polar surface area (TPSA) is 80.2 Å². The van der Waals surface area contributed by atoms with E-state index in [0.29, 0.717) is 5.82 Å². The highest BCUT2D eigenvalue weighted by Crippen LogP contribution is 2.28. The number of nitrogens with two attached hydrogens (primary N) is 2. The SMILES string of the molecule is CCC(CC)(C(Cc1cccnc1N)NN)N(C)C. The monoisotopic (exact) mass is 265 g/mol. The summed E-state index contributed by atoms with van der Waals surface area (Å²) < 4.78 is 0. The van der Waals surface area contributed by atoms with Gasteiger partial charge in [-0.15, -0.1) is 0 Å². The molecule has 1 aromatic rings. The summed E-state index contributed by atoms with van der Waals surface area (Å²) in [5.41, 5.74) is 9.96. The average molecular weight is 265 g/mol. The molecule has 0 aliphatic carbocycles. The van der Waals surface area contributed by atoms with E-state index in [9.17, 15) is 0 Å². The summed E-state index contributed by atoms with van der Waals surface area (Å²) in [7, 11) is 4.20. The van der Waals surface area contributed by atoms with Gasteiger partial charge in [0.2, 0.25) is 0 Å². The van der Waals surface area contributed by atoms with E-state index in [-0.39, 0.29) is 11.6 Å².